The second-order valence-corrected chi connectivity index (χ2v) is 10.7. The summed E-state index contributed by atoms with van der Waals surface area (Å²) in [7, 11) is -0.348. The number of esters is 2. The van der Waals surface area contributed by atoms with Gasteiger partial charge in [-0.05, 0) is 24.1 Å². The van der Waals surface area contributed by atoms with Gasteiger partial charge in [-0.3, -0.25) is 23.4 Å². The number of methoxy groups -OCH3 is 3. The highest BCUT2D eigenvalue weighted by molar-refractivity contribution is 7.86. The van der Waals surface area contributed by atoms with Gasteiger partial charge in [0.05, 0.1) is 39.7 Å². The molecule has 36 heavy (non-hydrogen) atoms. The van der Waals surface area contributed by atoms with Crippen molar-refractivity contribution in [2.75, 3.05) is 34.1 Å². The van der Waals surface area contributed by atoms with Crippen LogP contribution in [-0.2, 0) is 48.5 Å². The third kappa shape index (κ3) is 3.55. The number of carbonyl (C=O) groups is 4. The number of benzene rings is 1. The summed E-state index contributed by atoms with van der Waals surface area (Å²) in [6.07, 6.45) is -2.61. The van der Waals surface area contributed by atoms with Gasteiger partial charge in [0.25, 0.3) is 16.0 Å². The van der Waals surface area contributed by atoms with Crippen LogP contribution in [0.4, 0.5) is 0 Å². The molecule has 12 nitrogen and oxygen atoms in total. The zero-order chi connectivity index (χ0) is 26.6. The van der Waals surface area contributed by atoms with Crippen molar-refractivity contribution in [2.24, 2.45) is 5.41 Å². The number of Topliss-reactive ketones (excluding diaryl/α,β-unsaturated/α-hetero) is 1. The molecule has 0 N–H and O–H groups in total. The van der Waals surface area contributed by atoms with Gasteiger partial charge in [0, 0.05) is 25.3 Å². The molecule has 4 atom stereocenters. The van der Waals surface area contributed by atoms with Gasteiger partial charge in [-0.15, -0.1) is 0 Å². The molecule has 2 heterocycles. The minimum absolute atomic E-state index is 0.000135. The number of ether oxygens (including phenoxy) is 4. The van der Waals surface area contributed by atoms with Crippen molar-refractivity contribution in [1.29, 1.82) is 0 Å². The maximum atomic E-state index is 13.9. The molecule has 1 aliphatic carbocycles. The van der Waals surface area contributed by atoms with Crippen LogP contribution in [0.15, 0.2) is 12.1 Å². The topological polar surface area (TPSA) is 152 Å². The van der Waals surface area contributed by atoms with Gasteiger partial charge in [-0.1, -0.05) is 0 Å². The second kappa shape index (κ2) is 8.73. The predicted molar refractivity (Wildman–Crippen MR) is 120 cm³/mol. The van der Waals surface area contributed by atoms with Crippen LogP contribution in [0.5, 0.6) is 11.5 Å². The number of carbonyl (C=O) groups excluding carboxylic acids is 4. The van der Waals surface area contributed by atoms with Crippen molar-refractivity contribution in [3.8, 4) is 11.5 Å². The summed E-state index contributed by atoms with van der Waals surface area (Å²) in [6.45, 7) is 1.00. The van der Waals surface area contributed by atoms with Crippen LogP contribution in [0.2, 0.25) is 0 Å². The van der Waals surface area contributed by atoms with E-state index >= 15 is 0 Å². The highest BCUT2D eigenvalue weighted by Crippen LogP contribution is 2.65. The molecule has 3 aliphatic rings. The van der Waals surface area contributed by atoms with E-state index in [1.54, 1.807) is 12.1 Å². The summed E-state index contributed by atoms with van der Waals surface area (Å²) in [5, 5.41) is 0. The van der Waals surface area contributed by atoms with Crippen molar-refractivity contribution in [1.82, 2.24) is 4.90 Å². The molecule has 4 rings (SSSR count). The Hall–Kier alpha value is -3.19. The molecule has 1 saturated carbocycles. The third-order valence-corrected chi connectivity index (χ3v) is 7.75. The standard InChI is InChI=1S/C23H27NO11S/c1-12(25)34-18-11-24-20(27)19(35-36(5,29)30)22(21(28)33-4)10-13(26)6-7-23(22,24)15-9-17(32-3)16(31-2)8-14(15)18/h8-9,18-19H,6-7,10-11H2,1-5H3/t18-,19-,22-,23+/m0/s1. The Morgan fingerprint density at radius 1 is 1.08 bits per heavy atom. The molecule has 2 fully saturated rings. The molecule has 0 unspecified atom stereocenters. The lowest BCUT2D eigenvalue weighted by molar-refractivity contribution is -0.175. The number of amides is 1. The zero-order valence-electron chi connectivity index (χ0n) is 20.5. The average Bonchev–Trinajstić information content (AvgIpc) is 3.02. The largest absolute Gasteiger partial charge is 0.493 e. The molecule has 0 radical (unpaired) electrons. The molecular weight excluding hydrogens is 498 g/mol. The minimum atomic E-state index is -4.26. The number of hydrogen-bond donors (Lipinski definition) is 0. The fourth-order valence-electron chi connectivity index (χ4n) is 5.99. The Labute approximate surface area is 207 Å². The van der Waals surface area contributed by atoms with Crippen LogP contribution in [0, 0.1) is 5.41 Å². The minimum Gasteiger partial charge on any atom is -0.493 e. The average molecular weight is 526 g/mol. The van der Waals surface area contributed by atoms with Gasteiger partial charge in [-0.2, -0.15) is 8.42 Å². The zero-order valence-corrected chi connectivity index (χ0v) is 21.3. The molecule has 13 heteroatoms. The Morgan fingerprint density at radius 2 is 1.72 bits per heavy atom. The lowest BCUT2D eigenvalue weighted by atomic mass is 9.55. The van der Waals surface area contributed by atoms with Crippen LogP contribution >= 0.6 is 0 Å². The maximum Gasteiger partial charge on any atom is 0.318 e. The summed E-state index contributed by atoms with van der Waals surface area (Å²) in [5.41, 5.74) is -2.81. The fraction of sp³-hybridized carbons (Fsp3) is 0.565. The molecule has 1 saturated heterocycles. The Morgan fingerprint density at radius 3 is 2.28 bits per heavy atom. The third-order valence-electron chi connectivity index (χ3n) is 7.20. The molecule has 2 aliphatic heterocycles. The summed E-state index contributed by atoms with van der Waals surface area (Å²) >= 11 is 0. The van der Waals surface area contributed by atoms with E-state index < -0.39 is 57.5 Å². The summed E-state index contributed by atoms with van der Waals surface area (Å²) in [6, 6.07) is 3.14. The fourth-order valence-corrected chi connectivity index (χ4v) is 6.59. The summed E-state index contributed by atoms with van der Waals surface area (Å²) < 4.78 is 51.3. The first-order valence-corrected chi connectivity index (χ1v) is 12.9. The number of nitrogens with zero attached hydrogens (tertiary/aromatic N) is 1. The van der Waals surface area contributed by atoms with Gasteiger partial charge >= 0.3 is 11.9 Å². The van der Waals surface area contributed by atoms with E-state index in [4.69, 9.17) is 23.1 Å². The van der Waals surface area contributed by atoms with Gasteiger partial charge < -0.3 is 23.8 Å². The Balaban J connectivity index is 2.12. The van der Waals surface area contributed by atoms with E-state index in [0.29, 0.717) is 16.9 Å². The van der Waals surface area contributed by atoms with Gasteiger partial charge in [0.2, 0.25) is 0 Å². The van der Waals surface area contributed by atoms with Crippen LogP contribution in [0.1, 0.15) is 43.4 Å². The lowest BCUT2D eigenvalue weighted by Crippen LogP contribution is -2.63. The number of fused-ring (bicyclic) bond motifs is 1. The number of hydrogen-bond acceptors (Lipinski definition) is 11. The van der Waals surface area contributed by atoms with E-state index in [1.165, 1.54) is 26.0 Å². The smallest absolute Gasteiger partial charge is 0.318 e. The maximum absolute atomic E-state index is 13.9. The quantitative estimate of drug-likeness (QED) is 0.379. The van der Waals surface area contributed by atoms with Crippen molar-refractivity contribution in [3.05, 3.63) is 23.3 Å². The molecule has 1 aromatic rings. The summed E-state index contributed by atoms with van der Waals surface area (Å²) in [5.74, 6) is -2.21. The van der Waals surface area contributed by atoms with Crippen molar-refractivity contribution in [2.45, 2.75) is 43.9 Å². The van der Waals surface area contributed by atoms with Crippen LogP contribution in [0.25, 0.3) is 0 Å². The van der Waals surface area contributed by atoms with Crippen LogP contribution < -0.4 is 9.47 Å². The van der Waals surface area contributed by atoms with Crippen LogP contribution in [-0.4, -0.2) is 77.2 Å². The Bertz CT molecular complexity index is 1260. The van der Waals surface area contributed by atoms with Gasteiger partial charge in [-0.25, -0.2) is 0 Å². The Kier molecular flexibility index (Phi) is 6.28. The number of ketones is 1. The van der Waals surface area contributed by atoms with Crippen LogP contribution in [0.3, 0.4) is 0 Å². The van der Waals surface area contributed by atoms with Crippen molar-refractivity contribution < 1.29 is 50.7 Å². The van der Waals surface area contributed by atoms with Gasteiger partial charge in [0.15, 0.2) is 17.6 Å². The monoisotopic (exact) mass is 525 g/mol. The lowest BCUT2D eigenvalue weighted by Gasteiger charge is -2.54. The summed E-state index contributed by atoms with van der Waals surface area (Å²) in [4.78, 5) is 53.5. The second-order valence-electron chi connectivity index (χ2n) is 9.06. The molecule has 196 valence electrons. The first-order valence-electron chi connectivity index (χ1n) is 11.1. The van der Waals surface area contributed by atoms with E-state index in [9.17, 15) is 27.6 Å². The van der Waals surface area contributed by atoms with E-state index in [0.717, 1.165) is 13.4 Å². The van der Waals surface area contributed by atoms with E-state index in [-0.39, 0.29) is 30.9 Å². The molecule has 1 amide bonds. The number of rotatable bonds is 6. The first kappa shape index (κ1) is 25.9. The van der Waals surface area contributed by atoms with E-state index in [2.05, 4.69) is 0 Å². The van der Waals surface area contributed by atoms with Crippen molar-refractivity contribution in [3.63, 3.8) is 0 Å². The first-order chi connectivity index (χ1) is 16.9. The van der Waals surface area contributed by atoms with E-state index in [1.807, 2.05) is 0 Å². The SMILES string of the molecule is COC(=O)[C@@]12CC(=O)CC[C@@]13c1cc(OC)c(OC)cc1[C@@H](OC(C)=O)CN3C(=O)[C@@H]2OS(C)(=O)=O. The molecule has 0 bridgehead atoms. The highest BCUT2D eigenvalue weighted by Gasteiger charge is 2.77. The van der Waals surface area contributed by atoms with Gasteiger partial charge in [0.1, 0.15) is 17.3 Å². The molecular formula is C23H27NO11S. The predicted octanol–water partition coefficient (Wildman–Crippen LogP) is 0.616. The van der Waals surface area contributed by atoms with Crippen molar-refractivity contribution >= 4 is 33.7 Å². The normalized spacial score (nSPS) is 29.1. The molecule has 1 spiro atoms. The molecule has 0 aromatic heterocycles. The molecule has 1 aromatic carbocycles. The highest BCUT2D eigenvalue weighted by atomic mass is 32.2.